The third-order valence-corrected chi connectivity index (χ3v) is 1.67. The van der Waals surface area contributed by atoms with E-state index in [1.807, 2.05) is 0 Å². The lowest BCUT2D eigenvalue weighted by Crippen LogP contribution is -2.42. The van der Waals surface area contributed by atoms with E-state index in [-0.39, 0.29) is 5.71 Å². The Bertz CT molecular complexity index is 212. The molecule has 1 unspecified atom stereocenters. The van der Waals surface area contributed by atoms with Gasteiger partial charge in [0.1, 0.15) is 6.67 Å². The first-order chi connectivity index (χ1) is 5.39. The second-order valence-corrected chi connectivity index (χ2v) is 2.79. The van der Waals surface area contributed by atoms with Crippen molar-refractivity contribution in [1.29, 1.82) is 0 Å². The second-order valence-electron chi connectivity index (χ2n) is 2.79. The molecule has 2 nitrogen and oxygen atoms in total. The molecule has 0 fully saturated rings. The first-order valence-corrected chi connectivity index (χ1v) is 3.26. The monoisotopic (exact) mass is 185 g/mol. The summed E-state index contributed by atoms with van der Waals surface area (Å²) in [6.07, 6.45) is -5.03. The molecule has 0 spiro atoms. The highest BCUT2D eigenvalue weighted by atomic mass is 19.4. The van der Waals surface area contributed by atoms with Crippen LogP contribution in [0.5, 0.6) is 0 Å². The van der Waals surface area contributed by atoms with Gasteiger partial charge in [-0.25, -0.2) is 4.39 Å². The molecule has 1 aliphatic rings. The van der Waals surface area contributed by atoms with Crippen molar-refractivity contribution in [3.63, 3.8) is 0 Å². The van der Waals surface area contributed by atoms with Gasteiger partial charge in [-0.3, -0.25) is 0 Å². The summed E-state index contributed by atoms with van der Waals surface area (Å²) in [5.74, 6) is 0. The van der Waals surface area contributed by atoms with E-state index < -0.39 is 24.9 Å². The largest absolute Gasteiger partial charge is 0.431 e. The van der Waals surface area contributed by atoms with Crippen LogP contribution in [-0.2, 0) is 4.84 Å². The maximum Gasteiger partial charge on any atom is 0.431 e. The Morgan fingerprint density at radius 1 is 1.58 bits per heavy atom. The number of rotatable bonds is 1. The van der Waals surface area contributed by atoms with Crippen molar-refractivity contribution < 1.29 is 22.4 Å². The highest BCUT2D eigenvalue weighted by molar-refractivity contribution is 5.87. The zero-order valence-electron chi connectivity index (χ0n) is 6.28. The van der Waals surface area contributed by atoms with E-state index in [4.69, 9.17) is 0 Å². The lowest BCUT2D eigenvalue weighted by atomic mass is 10.00. The third kappa shape index (κ3) is 1.37. The Kier molecular flexibility index (Phi) is 2.01. The second kappa shape index (κ2) is 2.60. The van der Waals surface area contributed by atoms with E-state index in [1.54, 1.807) is 0 Å². The van der Waals surface area contributed by atoms with E-state index in [2.05, 4.69) is 9.99 Å². The van der Waals surface area contributed by atoms with Crippen molar-refractivity contribution in [3.05, 3.63) is 0 Å². The molecule has 0 amide bonds. The van der Waals surface area contributed by atoms with Gasteiger partial charge in [-0.2, -0.15) is 13.2 Å². The van der Waals surface area contributed by atoms with Crippen LogP contribution in [0.4, 0.5) is 17.6 Å². The fourth-order valence-electron chi connectivity index (χ4n) is 0.843. The normalized spacial score (nSPS) is 29.9. The van der Waals surface area contributed by atoms with Crippen molar-refractivity contribution in [2.24, 2.45) is 5.16 Å². The van der Waals surface area contributed by atoms with Gasteiger partial charge < -0.3 is 4.84 Å². The molecule has 6 heteroatoms. The Morgan fingerprint density at radius 3 is 2.42 bits per heavy atom. The van der Waals surface area contributed by atoms with Gasteiger partial charge in [0, 0.05) is 6.42 Å². The molecule has 1 heterocycles. The van der Waals surface area contributed by atoms with Crippen LogP contribution >= 0.6 is 0 Å². The van der Waals surface area contributed by atoms with Gasteiger partial charge in [0.25, 0.3) is 0 Å². The summed E-state index contributed by atoms with van der Waals surface area (Å²) in [4.78, 5) is 4.13. The molecular weight excluding hydrogens is 178 g/mol. The molecular formula is C6H7F4NO. The molecule has 0 bridgehead atoms. The van der Waals surface area contributed by atoms with Crippen LogP contribution in [0, 0.1) is 0 Å². The average molecular weight is 185 g/mol. The zero-order valence-corrected chi connectivity index (χ0v) is 6.28. The van der Waals surface area contributed by atoms with Crippen molar-refractivity contribution in [2.45, 2.75) is 25.1 Å². The molecule has 70 valence electrons. The molecule has 0 aromatic rings. The van der Waals surface area contributed by atoms with Gasteiger partial charge in [0.05, 0.1) is 5.71 Å². The summed E-state index contributed by atoms with van der Waals surface area (Å²) < 4.78 is 48.3. The van der Waals surface area contributed by atoms with Gasteiger partial charge in [-0.15, -0.1) is 0 Å². The summed E-state index contributed by atoms with van der Waals surface area (Å²) >= 11 is 0. The fourth-order valence-corrected chi connectivity index (χ4v) is 0.843. The fraction of sp³-hybridized carbons (Fsp3) is 0.833. The topological polar surface area (TPSA) is 21.6 Å². The van der Waals surface area contributed by atoms with Crippen LogP contribution in [0.25, 0.3) is 0 Å². The van der Waals surface area contributed by atoms with Crippen molar-refractivity contribution in [3.8, 4) is 0 Å². The number of alkyl halides is 4. The maximum absolute atomic E-state index is 12.1. The summed E-state index contributed by atoms with van der Waals surface area (Å²) in [5, 5.41) is 3.00. The van der Waals surface area contributed by atoms with E-state index in [0.29, 0.717) is 0 Å². The molecule has 0 saturated carbocycles. The molecule has 0 radical (unpaired) electrons. The van der Waals surface area contributed by atoms with Gasteiger partial charge in [-0.1, -0.05) is 5.16 Å². The summed E-state index contributed by atoms with van der Waals surface area (Å²) in [6.45, 7) is -0.148. The molecule has 1 atom stereocenters. The van der Waals surface area contributed by atoms with Crippen LogP contribution in [0.2, 0.25) is 0 Å². The van der Waals surface area contributed by atoms with E-state index in [1.165, 1.54) is 0 Å². The number of oxime groups is 1. The maximum atomic E-state index is 12.1. The molecule has 0 aromatic heterocycles. The standard InChI is InChI=1S/C6H7F4NO/c1-5(6(8,9)10)2-4(3-7)11-12-5/h2-3H2,1H3. The summed E-state index contributed by atoms with van der Waals surface area (Å²) in [5.41, 5.74) is -2.54. The van der Waals surface area contributed by atoms with E-state index in [0.717, 1.165) is 6.92 Å². The number of nitrogens with zero attached hydrogens (tertiary/aromatic N) is 1. The van der Waals surface area contributed by atoms with Crippen molar-refractivity contribution in [1.82, 2.24) is 0 Å². The lowest BCUT2D eigenvalue weighted by Gasteiger charge is -2.23. The molecule has 12 heavy (non-hydrogen) atoms. The third-order valence-electron chi connectivity index (χ3n) is 1.67. The van der Waals surface area contributed by atoms with Crippen LogP contribution < -0.4 is 0 Å². The van der Waals surface area contributed by atoms with E-state index in [9.17, 15) is 17.6 Å². The van der Waals surface area contributed by atoms with Gasteiger partial charge >= 0.3 is 6.18 Å². The van der Waals surface area contributed by atoms with Gasteiger partial charge in [0.15, 0.2) is 0 Å². The summed E-state index contributed by atoms with van der Waals surface area (Å²) in [7, 11) is 0. The average Bonchev–Trinajstić information content (AvgIpc) is 2.31. The zero-order chi connectivity index (χ0) is 9.41. The number of hydrogen-bond donors (Lipinski definition) is 0. The first-order valence-electron chi connectivity index (χ1n) is 3.26. The Morgan fingerprint density at radius 2 is 2.17 bits per heavy atom. The Balaban J connectivity index is 2.70. The van der Waals surface area contributed by atoms with Crippen LogP contribution in [0.15, 0.2) is 5.16 Å². The molecule has 1 rings (SSSR count). The lowest BCUT2D eigenvalue weighted by molar-refractivity contribution is -0.261. The first kappa shape index (κ1) is 9.28. The Hall–Kier alpha value is -0.810. The minimum atomic E-state index is -4.51. The van der Waals surface area contributed by atoms with Crippen LogP contribution in [0.1, 0.15) is 13.3 Å². The highest BCUT2D eigenvalue weighted by Crippen LogP contribution is 2.39. The smallest absolute Gasteiger partial charge is 0.379 e. The minimum absolute atomic E-state index is 0.199. The summed E-state index contributed by atoms with van der Waals surface area (Å²) in [6, 6.07) is 0. The van der Waals surface area contributed by atoms with Gasteiger partial charge in [0.2, 0.25) is 5.60 Å². The van der Waals surface area contributed by atoms with Gasteiger partial charge in [-0.05, 0) is 6.92 Å². The van der Waals surface area contributed by atoms with Crippen molar-refractivity contribution in [2.75, 3.05) is 6.67 Å². The SMILES string of the molecule is CC1(C(F)(F)F)CC(CF)=NO1. The minimum Gasteiger partial charge on any atom is -0.379 e. The number of halogens is 4. The molecule has 0 aromatic carbocycles. The quantitative estimate of drug-likeness (QED) is 0.573. The molecule has 0 N–H and O–H groups in total. The van der Waals surface area contributed by atoms with E-state index >= 15 is 0 Å². The van der Waals surface area contributed by atoms with Crippen molar-refractivity contribution >= 4 is 5.71 Å². The molecule has 1 aliphatic heterocycles. The molecule has 0 saturated heterocycles. The predicted octanol–water partition coefficient (Wildman–Crippen LogP) is 2.05. The van der Waals surface area contributed by atoms with Crippen LogP contribution in [-0.4, -0.2) is 24.2 Å². The van der Waals surface area contributed by atoms with Crippen LogP contribution in [0.3, 0.4) is 0 Å². The highest BCUT2D eigenvalue weighted by Gasteiger charge is 2.57. The Labute approximate surface area is 66.2 Å². The number of hydrogen-bond acceptors (Lipinski definition) is 2. The predicted molar refractivity (Wildman–Crippen MR) is 33.6 cm³/mol. The molecule has 0 aliphatic carbocycles.